The third-order valence-electron chi connectivity index (χ3n) is 4.75. The Kier molecular flexibility index (Phi) is 5.36. The molecule has 2 aliphatic rings. The lowest BCUT2D eigenvalue weighted by Crippen LogP contribution is -2.52. The molecule has 6 heteroatoms. The van der Waals surface area contributed by atoms with Crippen molar-refractivity contribution in [2.45, 2.75) is 25.0 Å². The zero-order chi connectivity index (χ0) is 17.0. The minimum atomic E-state index is -3.33. The van der Waals surface area contributed by atoms with Crippen LogP contribution in [0.25, 0.3) is 0 Å². The number of carbonyl (C=O) groups is 1. The van der Waals surface area contributed by atoms with E-state index in [-0.39, 0.29) is 17.6 Å². The second-order valence-corrected chi connectivity index (χ2v) is 8.42. The van der Waals surface area contributed by atoms with Gasteiger partial charge in [-0.05, 0) is 24.8 Å². The van der Waals surface area contributed by atoms with Crippen molar-refractivity contribution in [3.63, 3.8) is 0 Å². The van der Waals surface area contributed by atoms with E-state index < -0.39 is 10.0 Å². The summed E-state index contributed by atoms with van der Waals surface area (Å²) in [5.74, 6) is 0.275. The van der Waals surface area contributed by atoms with Crippen LogP contribution in [0.4, 0.5) is 0 Å². The van der Waals surface area contributed by atoms with Gasteiger partial charge in [0.25, 0.3) is 0 Å². The Morgan fingerprint density at radius 3 is 2.38 bits per heavy atom. The molecule has 3 rings (SSSR count). The van der Waals surface area contributed by atoms with Gasteiger partial charge in [0.15, 0.2) is 0 Å². The number of allylic oxidation sites excluding steroid dienone is 2. The first-order chi connectivity index (χ1) is 11.6. The molecule has 0 spiro atoms. The maximum atomic E-state index is 12.5. The molecule has 0 N–H and O–H groups in total. The summed E-state index contributed by atoms with van der Waals surface area (Å²) in [6, 6.07) is 9.23. The van der Waals surface area contributed by atoms with Gasteiger partial charge in [0.2, 0.25) is 15.9 Å². The Balaban J connectivity index is 1.56. The average molecular weight is 348 g/mol. The molecule has 1 aromatic rings. The van der Waals surface area contributed by atoms with Crippen LogP contribution in [0.15, 0.2) is 42.5 Å². The summed E-state index contributed by atoms with van der Waals surface area (Å²) >= 11 is 0. The van der Waals surface area contributed by atoms with E-state index in [1.165, 1.54) is 4.31 Å². The van der Waals surface area contributed by atoms with Gasteiger partial charge in [-0.2, -0.15) is 4.31 Å². The third kappa shape index (κ3) is 4.05. The number of amides is 1. The highest BCUT2D eigenvalue weighted by Gasteiger charge is 2.31. The highest BCUT2D eigenvalue weighted by molar-refractivity contribution is 7.88. The summed E-state index contributed by atoms with van der Waals surface area (Å²) in [4.78, 5) is 14.4. The van der Waals surface area contributed by atoms with Crippen LogP contribution in [0.5, 0.6) is 0 Å². The first kappa shape index (κ1) is 17.2. The minimum absolute atomic E-state index is 0.0230. The lowest BCUT2D eigenvalue weighted by molar-refractivity contribution is -0.137. The fourth-order valence-electron chi connectivity index (χ4n) is 3.34. The second-order valence-electron chi connectivity index (χ2n) is 6.45. The van der Waals surface area contributed by atoms with Gasteiger partial charge < -0.3 is 4.90 Å². The van der Waals surface area contributed by atoms with Crippen molar-refractivity contribution in [1.29, 1.82) is 0 Å². The molecular formula is C18H24N2O3S. The fraction of sp³-hybridized carbons (Fsp3) is 0.500. The van der Waals surface area contributed by atoms with Crippen molar-refractivity contribution >= 4 is 15.9 Å². The minimum Gasteiger partial charge on any atom is -0.340 e. The van der Waals surface area contributed by atoms with Crippen LogP contribution in [0.1, 0.15) is 24.8 Å². The number of piperazine rings is 1. The van der Waals surface area contributed by atoms with Crippen LogP contribution >= 0.6 is 0 Å². The van der Waals surface area contributed by atoms with Crippen LogP contribution in [0, 0.1) is 5.92 Å². The Morgan fingerprint density at radius 1 is 1.04 bits per heavy atom. The summed E-state index contributed by atoms with van der Waals surface area (Å²) < 4.78 is 26.6. The first-order valence-electron chi connectivity index (χ1n) is 8.52. The molecule has 1 aliphatic heterocycles. The van der Waals surface area contributed by atoms with Gasteiger partial charge in [-0.1, -0.05) is 42.5 Å². The van der Waals surface area contributed by atoms with Crippen molar-refractivity contribution < 1.29 is 13.2 Å². The van der Waals surface area contributed by atoms with Gasteiger partial charge in [-0.3, -0.25) is 4.79 Å². The maximum absolute atomic E-state index is 12.5. The predicted octanol–water partition coefficient (Wildman–Crippen LogP) is 2.02. The number of sulfonamides is 1. The smallest absolute Gasteiger partial charge is 0.226 e. The maximum Gasteiger partial charge on any atom is 0.226 e. The Hall–Kier alpha value is -1.66. The van der Waals surface area contributed by atoms with E-state index in [9.17, 15) is 13.2 Å². The molecule has 5 nitrogen and oxygen atoms in total. The molecule has 0 radical (unpaired) electrons. The number of hydrogen-bond donors (Lipinski definition) is 0. The van der Waals surface area contributed by atoms with Gasteiger partial charge >= 0.3 is 0 Å². The van der Waals surface area contributed by atoms with Crippen molar-refractivity contribution in [2.24, 2.45) is 5.92 Å². The summed E-state index contributed by atoms with van der Waals surface area (Å²) in [6.45, 7) is 1.77. The number of carbonyl (C=O) groups excluding carboxylic acids is 1. The van der Waals surface area contributed by atoms with Crippen LogP contribution < -0.4 is 0 Å². The molecule has 1 unspecified atom stereocenters. The van der Waals surface area contributed by atoms with Crippen molar-refractivity contribution in [3.05, 3.63) is 48.0 Å². The fourth-order valence-corrected chi connectivity index (χ4v) is 4.85. The Labute approximate surface area is 144 Å². The molecule has 1 amide bonds. The average Bonchev–Trinajstić information content (AvgIpc) is 2.62. The summed E-state index contributed by atoms with van der Waals surface area (Å²) in [7, 11) is -3.33. The van der Waals surface area contributed by atoms with Crippen LogP contribution in [0.3, 0.4) is 0 Å². The van der Waals surface area contributed by atoms with Crippen molar-refractivity contribution in [1.82, 2.24) is 9.21 Å². The Morgan fingerprint density at radius 2 is 1.75 bits per heavy atom. The molecule has 0 aromatic heterocycles. The second kappa shape index (κ2) is 7.49. The normalized spacial score (nSPS) is 22.5. The van der Waals surface area contributed by atoms with E-state index in [0.29, 0.717) is 26.2 Å². The highest BCUT2D eigenvalue weighted by atomic mass is 32.2. The molecule has 1 saturated heterocycles. The molecule has 1 aliphatic carbocycles. The number of nitrogens with zero attached hydrogens (tertiary/aromatic N) is 2. The van der Waals surface area contributed by atoms with E-state index in [4.69, 9.17) is 0 Å². The predicted molar refractivity (Wildman–Crippen MR) is 93.7 cm³/mol. The monoisotopic (exact) mass is 348 g/mol. The largest absolute Gasteiger partial charge is 0.340 e. The van der Waals surface area contributed by atoms with E-state index in [1.54, 1.807) is 0 Å². The summed E-state index contributed by atoms with van der Waals surface area (Å²) in [6.07, 6.45) is 6.87. The highest BCUT2D eigenvalue weighted by Crippen LogP contribution is 2.22. The van der Waals surface area contributed by atoms with Crippen molar-refractivity contribution in [3.8, 4) is 0 Å². The van der Waals surface area contributed by atoms with Gasteiger partial charge in [0.05, 0.1) is 5.75 Å². The zero-order valence-electron chi connectivity index (χ0n) is 13.8. The SMILES string of the molecule is O=C(C1CC=CCC1)N1CCN(S(=O)(=O)Cc2ccccc2)CC1. The summed E-state index contributed by atoms with van der Waals surface area (Å²) in [5, 5.41) is 0. The first-order valence-corrected chi connectivity index (χ1v) is 10.1. The lowest BCUT2D eigenvalue weighted by atomic mass is 9.93. The van der Waals surface area contributed by atoms with Crippen molar-refractivity contribution in [2.75, 3.05) is 26.2 Å². The van der Waals surface area contributed by atoms with Gasteiger partial charge in [0, 0.05) is 32.1 Å². The number of hydrogen-bond acceptors (Lipinski definition) is 3. The Bertz CT molecular complexity index is 692. The molecule has 0 saturated carbocycles. The molecule has 1 heterocycles. The van der Waals surface area contributed by atoms with Gasteiger partial charge in [0.1, 0.15) is 0 Å². The number of rotatable bonds is 4. The zero-order valence-corrected chi connectivity index (χ0v) is 14.6. The third-order valence-corrected chi connectivity index (χ3v) is 6.60. The molecule has 130 valence electrons. The van der Waals surface area contributed by atoms with Gasteiger partial charge in [-0.15, -0.1) is 0 Å². The van der Waals surface area contributed by atoms with E-state index in [1.807, 2.05) is 35.2 Å². The van der Waals surface area contributed by atoms with Gasteiger partial charge in [-0.25, -0.2) is 8.42 Å². The molecular weight excluding hydrogens is 324 g/mol. The molecule has 0 bridgehead atoms. The topological polar surface area (TPSA) is 57.7 Å². The lowest BCUT2D eigenvalue weighted by Gasteiger charge is -2.36. The van der Waals surface area contributed by atoms with Crippen LogP contribution in [-0.2, 0) is 20.6 Å². The molecule has 1 atom stereocenters. The van der Waals surface area contributed by atoms with E-state index in [0.717, 1.165) is 24.8 Å². The standard InChI is InChI=1S/C18H24N2O3S/c21-18(17-9-5-2-6-10-17)19-11-13-20(14-12-19)24(22,23)15-16-7-3-1-4-8-16/h1-5,7-8,17H,6,9-15H2. The van der Waals surface area contributed by atoms with Crippen LogP contribution in [0.2, 0.25) is 0 Å². The van der Waals surface area contributed by atoms with E-state index in [2.05, 4.69) is 12.2 Å². The summed E-state index contributed by atoms with van der Waals surface area (Å²) in [5.41, 5.74) is 0.796. The molecule has 24 heavy (non-hydrogen) atoms. The molecule has 1 aromatic carbocycles. The van der Waals surface area contributed by atoms with E-state index >= 15 is 0 Å². The molecule has 1 fully saturated rings. The number of benzene rings is 1. The quantitative estimate of drug-likeness (QED) is 0.782. The van der Waals surface area contributed by atoms with Crippen LogP contribution in [-0.4, -0.2) is 49.7 Å².